The highest BCUT2D eigenvalue weighted by molar-refractivity contribution is 7.90. The molecule has 3 rings (SSSR count). The number of hydrogen-bond donors (Lipinski definition) is 2. The fourth-order valence-electron chi connectivity index (χ4n) is 1.89. The smallest absolute Gasteiger partial charge is 0.229 e. The van der Waals surface area contributed by atoms with Crippen molar-refractivity contribution in [1.29, 1.82) is 0 Å². The van der Waals surface area contributed by atoms with E-state index < -0.39 is 9.84 Å². The molecule has 0 aliphatic carbocycles. The normalized spacial score (nSPS) is 11.7. The summed E-state index contributed by atoms with van der Waals surface area (Å²) in [7, 11) is -3.19. The number of rotatable bonds is 3. The second kappa shape index (κ2) is 4.81. The topological polar surface area (TPSA) is 101 Å². The molecule has 0 spiro atoms. The molecule has 0 saturated heterocycles. The average molecular weight is 303 g/mol. The summed E-state index contributed by atoms with van der Waals surface area (Å²) in [5, 5.41) is 10.8. The second-order valence-electron chi connectivity index (χ2n) is 4.70. The molecule has 3 aromatic rings. The molecule has 0 atom stereocenters. The van der Waals surface area contributed by atoms with Gasteiger partial charge in [-0.1, -0.05) is 0 Å². The van der Waals surface area contributed by atoms with E-state index in [2.05, 4.69) is 25.5 Å². The summed E-state index contributed by atoms with van der Waals surface area (Å²) in [5.41, 5.74) is 2.20. The molecule has 0 unspecified atom stereocenters. The molecule has 21 heavy (non-hydrogen) atoms. The van der Waals surface area contributed by atoms with Gasteiger partial charge in [-0.2, -0.15) is 10.1 Å². The molecule has 0 aliphatic heterocycles. The molecule has 7 nitrogen and oxygen atoms in total. The lowest BCUT2D eigenvalue weighted by atomic mass is 10.3. The SMILES string of the molecule is Cc1[nH]nc2nc(Nc3ccc(S(C)(=O)=O)cc3)ncc12. The van der Waals surface area contributed by atoms with E-state index in [1.54, 1.807) is 18.3 Å². The summed E-state index contributed by atoms with van der Waals surface area (Å²) >= 11 is 0. The number of aryl methyl sites for hydroxylation is 1. The van der Waals surface area contributed by atoms with E-state index in [0.717, 1.165) is 11.1 Å². The molecule has 0 amide bonds. The Morgan fingerprint density at radius 1 is 1.19 bits per heavy atom. The van der Waals surface area contributed by atoms with Crippen LogP contribution in [-0.4, -0.2) is 34.8 Å². The monoisotopic (exact) mass is 303 g/mol. The largest absolute Gasteiger partial charge is 0.324 e. The predicted molar refractivity (Wildman–Crippen MR) is 79.3 cm³/mol. The Balaban J connectivity index is 1.88. The van der Waals surface area contributed by atoms with Crippen LogP contribution in [0.1, 0.15) is 5.69 Å². The van der Waals surface area contributed by atoms with Crippen molar-refractivity contribution >= 4 is 32.5 Å². The van der Waals surface area contributed by atoms with E-state index in [9.17, 15) is 8.42 Å². The van der Waals surface area contributed by atoms with Crippen LogP contribution in [0.25, 0.3) is 11.0 Å². The number of H-pyrrole nitrogens is 1. The summed E-state index contributed by atoms with van der Waals surface area (Å²) in [6, 6.07) is 6.41. The number of anilines is 2. The summed E-state index contributed by atoms with van der Waals surface area (Å²) in [4.78, 5) is 8.76. The summed E-state index contributed by atoms with van der Waals surface area (Å²) < 4.78 is 22.8. The highest BCUT2D eigenvalue weighted by Gasteiger charge is 2.08. The van der Waals surface area contributed by atoms with E-state index in [0.29, 0.717) is 17.3 Å². The van der Waals surface area contributed by atoms with Gasteiger partial charge in [0, 0.05) is 23.8 Å². The minimum Gasteiger partial charge on any atom is -0.324 e. The molecule has 2 aromatic heterocycles. The fourth-order valence-corrected chi connectivity index (χ4v) is 2.52. The molecule has 108 valence electrons. The van der Waals surface area contributed by atoms with Crippen LogP contribution in [0.2, 0.25) is 0 Å². The molecule has 0 radical (unpaired) electrons. The van der Waals surface area contributed by atoms with Crippen molar-refractivity contribution in [2.24, 2.45) is 0 Å². The molecule has 0 saturated carbocycles. The first kappa shape index (κ1) is 13.5. The lowest BCUT2D eigenvalue weighted by Crippen LogP contribution is -1.99. The first-order valence-electron chi connectivity index (χ1n) is 6.18. The van der Waals surface area contributed by atoms with Crippen molar-refractivity contribution in [3.05, 3.63) is 36.2 Å². The Labute approximate surface area is 121 Å². The zero-order valence-corrected chi connectivity index (χ0v) is 12.3. The van der Waals surface area contributed by atoms with E-state index in [1.165, 1.54) is 18.4 Å². The molecule has 1 aromatic carbocycles. The number of nitrogens with zero attached hydrogens (tertiary/aromatic N) is 3. The third-order valence-electron chi connectivity index (χ3n) is 3.04. The van der Waals surface area contributed by atoms with E-state index in [1.807, 2.05) is 6.92 Å². The van der Waals surface area contributed by atoms with Crippen LogP contribution >= 0.6 is 0 Å². The Morgan fingerprint density at radius 3 is 2.57 bits per heavy atom. The Morgan fingerprint density at radius 2 is 1.90 bits per heavy atom. The molecule has 2 N–H and O–H groups in total. The van der Waals surface area contributed by atoms with E-state index in [-0.39, 0.29) is 4.90 Å². The maximum Gasteiger partial charge on any atom is 0.229 e. The number of aromatic nitrogens is 4. The average Bonchev–Trinajstić information content (AvgIpc) is 2.80. The number of fused-ring (bicyclic) bond motifs is 1. The molecule has 0 fully saturated rings. The van der Waals surface area contributed by atoms with Gasteiger partial charge in [0.05, 0.1) is 10.3 Å². The first-order chi connectivity index (χ1) is 9.93. The zero-order valence-electron chi connectivity index (χ0n) is 11.5. The summed E-state index contributed by atoms with van der Waals surface area (Å²) in [5.74, 6) is 0.404. The van der Waals surface area contributed by atoms with Gasteiger partial charge < -0.3 is 5.32 Å². The highest BCUT2D eigenvalue weighted by Crippen LogP contribution is 2.18. The lowest BCUT2D eigenvalue weighted by Gasteiger charge is -2.05. The molecule has 0 bridgehead atoms. The molecular formula is C13H13N5O2S. The van der Waals surface area contributed by atoms with Crippen LogP contribution < -0.4 is 5.32 Å². The van der Waals surface area contributed by atoms with Crippen molar-refractivity contribution in [3.63, 3.8) is 0 Å². The number of hydrogen-bond acceptors (Lipinski definition) is 6. The fraction of sp³-hybridized carbons (Fsp3) is 0.154. The Bertz CT molecular complexity index is 900. The third-order valence-corrected chi connectivity index (χ3v) is 4.17. The predicted octanol–water partition coefficient (Wildman–Crippen LogP) is 1.81. The number of sulfone groups is 1. The van der Waals surface area contributed by atoms with Crippen molar-refractivity contribution in [3.8, 4) is 0 Å². The molecule has 8 heteroatoms. The van der Waals surface area contributed by atoms with Gasteiger partial charge in [0.25, 0.3) is 0 Å². The molecule has 2 heterocycles. The van der Waals surface area contributed by atoms with E-state index >= 15 is 0 Å². The zero-order chi connectivity index (χ0) is 15.0. The van der Waals surface area contributed by atoms with Gasteiger partial charge in [-0.25, -0.2) is 13.4 Å². The standard InChI is InChI=1S/C13H13N5O2S/c1-8-11-7-14-13(16-12(11)18-17-8)15-9-3-5-10(6-4-9)21(2,19)20/h3-7H,1-2H3,(H2,14,15,16,17,18). The maximum absolute atomic E-state index is 11.4. The quantitative estimate of drug-likeness (QED) is 0.765. The third kappa shape index (κ3) is 2.70. The van der Waals surface area contributed by atoms with Gasteiger partial charge in [-0.15, -0.1) is 0 Å². The van der Waals surface area contributed by atoms with Crippen LogP contribution in [0.3, 0.4) is 0 Å². The maximum atomic E-state index is 11.4. The van der Waals surface area contributed by atoms with Crippen LogP contribution in [0, 0.1) is 6.92 Å². The van der Waals surface area contributed by atoms with Gasteiger partial charge in [0.1, 0.15) is 0 Å². The summed E-state index contributed by atoms with van der Waals surface area (Å²) in [6.45, 7) is 1.90. The molecule has 0 aliphatic rings. The molecular weight excluding hydrogens is 290 g/mol. The summed E-state index contributed by atoms with van der Waals surface area (Å²) in [6.07, 6.45) is 2.86. The van der Waals surface area contributed by atoms with Crippen LogP contribution in [0.4, 0.5) is 11.6 Å². The van der Waals surface area contributed by atoms with Crippen LogP contribution in [0.5, 0.6) is 0 Å². The highest BCUT2D eigenvalue weighted by atomic mass is 32.2. The van der Waals surface area contributed by atoms with Gasteiger partial charge in [0.15, 0.2) is 15.5 Å². The van der Waals surface area contributed by atoms with Crippen molar-refractivity contribution in [2.45, 2.75) is 11.8 Å². The Hall–Kier alpha value is -2.48. The second-order valence-corrected chi connectivity index (χ2v) is 6.72. The number of benzene rings is 1. The minimum absolute atomic E-state index is 0.271. The minimum atomic E-state index is -3.19. The number of nitrogens with one attached hydrogen (secondary N) is 2. The van der Waals surface area contributed by atoms with Crippen LogP contribution in [0.15, 0.2) is 35.4 Å². The van der Waals surface area contributed by atoms with Crippen molar-refractivity contribution < 1.29 is 8.42 Å². The Kier molecular flexibility index (Phi) is 3.09. The van der Waals surface area contributed by atoms with Gasteiger partial charge >= 0.3 is 0 Å². The first-order valence-corrected chi connectivity index (χ1v) is 8.07. The number of aromatic amines is 1. The van der Waals surface area contributed by atoms with Crippen LogP contribution in [-0.2, 0) is 9.84 Å². The van der Waals surface area contributed by atoms with Gasteiger partial charge in [-0.3, -0.25) is 5.10 Å². The van der Waals surface area contributed by atoms with E-state index in [4.69, 9.17) is 0 Å². The van der Waals surface area contributed by atoms with Gasteiger partial charge in [0.2, 0.25) is 5.95 Å². The lowest BCUT2D eigenvalue weighted by molar-refractivity contribution is 0.602. The van der Waals surface area contributed by atoms with Gasteiger partial charge in [-0.05, 0) is 31.2 Å². The van der Waals surface area contributed by atoms with Crippen molar-refractivity contribution in [2.75, 3.05) is 11.6 Å². The van der Waals surface area contributed by atoms with Crippen molar-refractivity contribution in [1.82, 2.24) is 20.2 Å².